The summed E-state index contributed by atoms with van der Waals surface area (Å²) >= 11 is 0. The van der Waals surface area contributed by atoms with Gasteiger partial charge in [-0.05, 0) is 24.3 Å². The van der Waals surface area contributed by atoms with E-state index in [9.17, 15) is 4.79 Å². The van der Waals surface area contributed by atoms with Crippen LogP contribution in [0.5, 0.6) is 0 Å². The Morgan fingerprint density at radius 1 is 1.23 bits per heavy atom. The summed E-state index contributed by atoms with van der Waals surface area (Å²) in [4.78, 5) is 16.2. The van der Waals surface area contributed by atoms with Crippen LogP contribution in [-0.2, 0) is 4.74 Å². The third kappa shape index (κ3) is 2.91. The summed E-state index contributed by atoms with van der Waals surface area (Å²) < 4.78 is 6.91. The Labute approximate surface area is 131 Å². The highest BCUT2D eigenvalue weighted by Gasteiger charge is 2.29. The number of ether oxygens (including phenoxy) is 1. The SMILES string of the molecule is COC(=O)c1cncn1C(c1ccccc1)C1CCCCC1. The van der Waals surface area contributed by atoms with Crippen molar-refractivity contribution in [2.24, 2.45) is 5.92 Å². The molecule has 4 nitrogen and oxygen atoms in total. The highest BCUT2D eigenvalue weighted by Crippen LogP contribution is 2.37. The van der Waals surface area contributed by atoms with Crippen molar-refractivity contribution in [3.63, 3.8) is 0 Å². The first-order valence-corrected chi connectivity index (χ1v) is 7.96. The van der Waals surface area contributed by atoms with Crippen molar-refractivity contribution in [2.75, 3.05) is 7.11 Å². The molecule has 0 N–H and O–H groups in total. The number of esters is 1. The summed E-state index contributed by atoms with van der Waals surface area (Å²) in [5.41, 5.74) is 1.76. The number of hydrogen-bond acceptors (Lipinski definition) is 3. The molecular formula is C18H22N2O2. The molecule has 1 atom stereocenters. The van der Waals surface area contributed by atoms with E-state index in [1.54, 1.807) is 12.5 Å². The van der Waals surface area contributed by atoms with Crippen LogP contribution < -0.4 is 0 Å². The van der Waals surface area contributed by atoms with Gasteiger partial charge in [0, 0.05) is 0 Å². The standard InChI is InChI=1S/C18H22N2O2/c1-22-18(21)16-12-19-13-20(16)17(14-8-4-2-5-9-14)15-10-6-3-7-11-15/h2,4-5,8-9,12-13,15,17H,3,6-7,10-11H2,1H3. The van der Waals surface area contributed by atoms with Gasteiger partial charge in [0.15, 0.2) is 0 Å². The van der Waals surface area contributed by atoms with Crippen molar-refractivity contribution < 1.29 is 9.53 Å². The van der Waals surface area contributed by atoms with Crippen LogP contribution in [0.4, 0.5) is 0 Å². The highest BCUT2D eigenvalue weighted by molar-refractivity contribution is 5.87. The summed E-state index contributed by atoms with van der Waals surface area (Å²) in [5.74, 6) is 0.211. The summed E-state index contributed by atoms with van der Waals surface area (Å²) in [6.45, 7) is 0. The van der Waals surface area contributed by atoms with Crippen molar-refractivity contribution in [3.05, 3.63) is 54.1 Å². The molecule has 0 aliphatic heterocycles. The maximum absolute atomic E-state index is 12.0. The van der Waals surface area contributed by atoms with Crippen molar-refractivity contribution in [2.45, 2.75) is 38.1 Å². The predicted molar refractivity (Wildman–Crippen MR) is 84.7 cm³/mol. The van der Waals surface area contributed by atoms with Crippen molar-refractivity contribution >= 4 is 5.97 Å². The maximum Gasteiger partial charge on any atom is 0.356 e. The van der Waals surface area contributed by atoms with Crippen molar-refractivity contribution in [1.29, 1.82) is 0 Å². The van der Waals surface area contributed by atoms with Crippen molar-refractivity contribution in [3.8, 4) is 0 Å². The van der Waals surface area contributed by atoms with E-state index in [0.717, 1.165) is 0 Å². The fraction of sp³-hybridized carbons (Fsp3) is 0.444. The second-order valence-electron chi connectivity index (χ2n) is 5.93. The normalized spacial score (nSPS) is 17.1. The van der Waals surface area contributed by atoms with E-state index in [1.165, 1.54) is 44.8 Å². The average molecular weight is 298 g/mol. The Kier molecular flexibility index (Phi) is 4.56. The predicted octanol–water partition coefficient (Wildman–Crippen LogP) is 3.84. The molecular weight excluding hydrogens is 276 g/mol. The lowest BCUT2D eigenvalue weighted by Crippen LogP contribution is -2.25. The molecule has 4 heteroatoms. The summed E-state index contributed by atoms with van der Waals surface area (Å²) in [5, 5.41) is 0. The molecule has 22 heavy (non-hydrogen) atoms. The van der Waals surface area contributed by atoms with Gasteiger partial charge < -0.3 is 9.30 Å². The van der Waals surface area contributed by atoms with E-state index >= 15 is 0 Å². The van der Waals surface area contributed by atoms with Crippen LogP contribution in [0.15, 0.2) is 42.9 Å². The first-order valence-electron chi connectivity index (χ1n) is 7.96. The zero-order valence-electron chi connectivity index (χ0n) is 12.9. The summed E-state index contributed by atoms with van der Waals surface area (Å²) in [6, 6.07) is 10.6. The number of hydrogen-bond donors (Lipinski definition) is 0. The zero-order valence-corrected chi connectivity index (χ0v) is 12.9. The van der Waals surface area contributed by atoms with Gasteiger partial charge in [-0.3, -0.25) is 0 Å². The Balaban J connectivity index is 2.02. The van der Waals surface area contributed by atoms with Gasteiger partial charge in [-0.15, -0.1) is 0 Å². The quantitative estimate of drug-likeness (QED) is 0.806. The monoisotopic (exact) mass is 298 g/mol. The number of carbonyl (C=O) groups is 1. The largest absolute Gasteiger partial charge is 0.464 e. The van der Waals surface area contributed by atoms with Crippen LogP contribution in [0, 0.1) is 5.92 Å². The van der Waals surface area contributed by atoms with Crippen LogP contribution in [-0.4, -0.2) is 22.6 Å². The lowest BCUT2D eigenvalue weighted by molar-refractivity contribution is 0.0584. The number of methoxy groups -OCH3 is 1. The summed E-state index contributed by atoms with van der Waals surface area (Å²) in [7, 11) is 1.41. The van der Waals surface area contributed by atoms with Crippen molar-refractivity contribution in [1.82, 2.24) is 9.55 Å². The average Bonchev–Trinajstić information content (AvgIpc) is 3.06. The molecule has 0 bridgehead atoms. The number of imidazole rings is 1. The second-order valence-corrected chi connectivity index (χ2v) is 5.93. The van der Waals surface area contributed by atoms with E-state index in [1.807, 2.05) is 10.6 Å². The first-order chi connectivity index (χ1) is 10.8. The van der Waals surface area contributed by atoms with Crippen LogP contribution in [0.25, 0.3) is 0 Å². The van der Waals surface area contributed by atoms with Crippen LogP contribution in [0.2, 0.25) is 0 Å². The number of carbonyl (C=O) groups excluding carboxylic acids is 1. The zero-order chi connectivity index (χ0) is 15.4. The van der Waals surface area contributed by atoms with Gasteiger partial charge in [-0.2, -0.15) is 0 Å². The molecule has 116 valence electrons. The topological polar surface area (TPSA) is 44.1 Å². The molecule has 0 saturated heterocycles. The minimum Gasteiger partial charge on any atom is -0.464 e. The Bertz CT molecular complexity index is 615. The molecule has 0 amide bonds. The molecule has 0 radical (unpaired) electrons. The third-order valence-corrected chi connectivity index (χ3v) is 4.60. The van der Waals surface area contributed by atoms with Gasteiger partial charge in [0.2, 0.25) is 0 Å². The summed E-state index contributed by atoms with van der Waals surface area (Å²) in [6.07, 6.45) is 9.58. The minimum atomic E-state index is -0.325. The number of aromatic nitrogens is 2. The molecule has 1 saturated carbocycles. The number of benzene rings is 1. The number of nitrogens with zero attached hydrogens (tertiary/aromatic N) is 2. The molecule has 1 fully saturated rings. The number of rotatable bonds is 4. The fourth-order valence-electron chi connectivity index (χ4n) is 3.55. The molecule has 1 aliphatic rings. The van der Waals surface area contributed by atoms with E-state index < -0.39 is 0 Å². The molecule has 1 heterocycles. The van der Waals surface area contributed by atoms with Crippen LogP contribution in [0.1, 0.15) is 54.2 Å². The lowest BCUT2D eigenvalue weighted by Gasteiger charge is -2.32. The van der Waals surface area contributed by atoms with Crippen LogP contribution >= 0.6 is 0 Å². The second kappa shape index (κ2) is 6.77. The Hall–Kier alpha value is -2.10. The molecule has 1 aromatic heterocycles. The molecule has 2 aromatic rings. The van der Waals surface area contributed by atoms with Gasteiger partial charge in [0.25, 0.3) is 0 Å². The van der Waals surface area contributed by atoms with E-state index in [0.29, 0.717) is 11.6 Å². The van der Waals surface area contributed by atoms with E-state index in [-0.39, 0.29) is 12.0 Å². The minimum absolute atomic E-state index is 0.151. The van der Waals surface area contributed by atoms with Gasteiger partial charge >= 0.3 is 5.97 Å². The highest BCUT2D eigenvalue weighted by atomic mass is 16.5. The lowest BCUT2D eigenvalue weighted by atomic mass is 9.81. The molecule has 0 spiro atoms. The fourth-order valence-corrected chi connectivity index (χ4v) is 3.55. The third-order valence-electron chi connectivity index (χ3n) is 4.60. The Morgan fingerprint density at radius 2 is 1.95 bits per heavy atom. The van der Waals surface area contributed by atoms with Gasteiger partial charge in [-0.25, -0.2) is 9.78 Å². The molecule has 1 unspecified atom stereocenters. The van der Waals surface area contributed by atoms with Gasteiger partial charge in [-0.1, -0.05) is 49.6 Å². The van der Waals surface area contributed by atoms with Gasteiger partial charge in [0.05, 0.1) is 25.7 Å². The Morgan fingerprint density at radius 3 is 2.64 bits per heavy atom. The van der Waals surface area contributed by atoms with E-state index in [2.05, 4.69) is 29.2 Å². The van der Waals surface area contributed by atoms with E-state index in [4.69, 9.17) is 4.74 Å². The molecule has 3 rings (SSSR count). The molecule has 1 aromatic carbocycles. The van der Waals surface area contributed by atoms with Gasteiger partial charge in [0.1, 0.15) is 5.69 Å². The maximum atomic E-state index is 12.0. The molecule has 1 aliphatic carbocycles. The first kappa shape index (κ1) is 14.8. The smallest absolute Gasteiger partial charge is 0.356 e. The van der Waals surface area contributed by atoms with Crippen LogP contribution in [0.3, 0.4) is 0 Å².